The molecule has 6 atom stereocenters. The Kier molecular flexibility index (Phi) is 4.45. The smallest absolute Gasteiger partial charge is 0.321 e. The third kappa shape index (κ3) is 2.52. The summed E-state index contributed by atoms with van der Waals surface area (Å²) in [5, 5.41) is 6.93. The van der Waals surface area contributed by atoms with Gasteiger partial charge >= 0.3 is 5.97 Å². The lowest BCUT2D eigenvalue weighted by atomic mass is 9.46. The van der Waals surface area contributed by atoms with Gasteiger partial charge in [0.2, 0.25) is 0 Å². The van der Waals surface area contributed by atoms with Crippen LogP contribution in [0.5, 0.6) is 0 Å². The second kappa shape index (κ2) is 6.72. The molecule has 0 aliphatic heterocycles. The highest BCUT2D eigenvalue weighted by molar-refractivity contribution is 5.72. The van der Waals surface area contributed by atoms with Gasteiger partial charge in [-0.15, -0.1) is 6.42 Å². The summed E-state index contributed by atoms with van der Waals surface area (Å²) in [4.78, 5) is 12.4. The Morgan fingerprint density at radius 2 is 2.13 bits per heavy atom. The summed E-state index contributed by atoms with van der Waals surface area (Å²) < 4.78 is 11.5. The lowest BCUT2D eigenvalue weighted by Crippen LogP contribution is -2.56. The van der Waals surface area contributed by atoms with Gasteiger partial charge in [-0.2, -0.15) is 0 Å². The van der Waals surface area contributed by atoms with Crippen LogP contribution in [0.3, 0.4) is 0 Å². The van der Waals surface area contributed by atoms with E-state index in [4.69, 9.17) is 15.7 Å². The number of fused-ring (bicyclic) bond motifs is 6. The Balaban J connectivity index is 1.46. The molecule has 0 aromatic carbocycles. The first-order chi connectivity index (χ1) is 14.4. The third-order valence-corrected chi connectivity index (χ3v) is 9.24. The molecular weight excluding hydrogens is 376 g/mol. The van der Waals surface area contributed by atoms with E-state index in [1.807, 2.05) is 6.20 Å². The lowest BCUT2D eigenvalue weighted by molar-refractivity contribution is -0.170. The third-order valence-electron chi connectivity index (χ3n) is 9.24. The summed E-state index contributed by atoms with van der Waals surface area (Å²) in [5.41, 5.74) is 1.99. The number of allylic oxidation sites excluding steroid dienone is 1. The van der Waals surface area contributed by atoms with Crippen LogP contribution in [0.4, 0.5) is 0 Å². The molecule has 160 valence electrons. The zero-order valence-electron chi connectivity index (χ0n) is 18.3. The van der Waals surface area contributed by atoms with Crippen LogP contribution >= 0.6 is 0 Å². The van der Waals surface area contributed by atoms with Gasteiger partial charge in [0.25, 0.3) is 0 Å². The Labute approximate surface area is 179 Å². The summed E-state index contributed by atoms with van der Waals surface area (Å²) in [6.45, 7) is 4.94. The number of carbonyl (C=O) groups excluding carboxylic acids is 1. The average Bonchev–Trinajstić information content (AvgIpc) is 3.27. The van der Waals surface area contributed by atoms with E-state index in [0.717, 1.165) is 44.3 Å². The molecule has 4 aliphatic rings. The van der Waals surface area contributed by atoms with Crippen LogP contribution in [-0.4, -0.2) is 30.3 Å². The maximum Gasteiger partial charge on any atom is 0.321 e. The molecule has 5 rings (SSSR count). The second-order valence-corrected chi connectivity index (χ2v) is 10.4. The molecule has 30 heavy (non-hydrogen) atoms. The molecule has 4 aliphatic carbocycles. The zero-order valence-corrected chi connectivity index (χ0v) is 18.3. The number of hydrogen-bond acceptors (Lipinski definition) is 5. The van der Waals surface area contributed by atoms with Crippen molar-refractivity contribution in [3.8, 4) is 12.3 Å². The first-order valence-corrected chi connectivity index (χ1v) is 11.4. The summed E-state index contributed by atoms with van der Waals surface area (Å²) in [5.74, 6) is 5.42. The number of aromatic nitrogens is 1. The standard InChI is InChI=1S/C25H32N2O3/c1-5-25(29-22(28)15-26-4)11-9-20-18-7-6-17-12-21-16(14-27-30-21)13-23(17,2)19(18)8-10-24(20,25)3/h1,12,14,18-20,26H,6-11,13,15H2,2-4H3/t18?,19-,20-,23-,24-,25-/m0/s1. The highest BCUT2D eigenvalue weighted by atomic mass is 16.6. The lowest BCUT2D eigenvalue weighted by Gasteiger charge is -2.58. The van der Waals surface area contributed by atoms with Crippen LogP contribution in [0.25, 0.3) is 6.08 Å². The molecule has 1 unspecified atom stereocenters. The average molecular weight is 409 g/mol. The number of terminal acetylenes is 1. The molecule has 1 heterocycles. The van der Waals surface area contributed by atoms with Gasteiger partial charge in [0.15, 0.2) is 11.4 Å². The monoisotopic (exact) mass is 408 g/mol. The number of rotatable bonds is 3. The Bertz CT molecular complexity index is 942. The summed E-state index contributed by atoms with van der Waals surface area (Å²) in [7, 11) is 1.76. The van der Waals surface area contributed by atoms with Crippen molar-refractivity contribution in [3.05, 3.63) is 23.1 Å². The maximum atomic E-state index is 12.4. The van der Waals surface area contributed by atoms with Gasteiger partial charge in [-0.3, -0.25) is 4.79 Å². The van der Waals surface area contributed by atoms with Crippen LogP contribution in [-0.2, 0) is 16.0 Å². The van der Waals surface area contributed by atoms with Crippen molar-refractivity contribution >= 4 is 12.0 Å². The molecule has 0 saturated heterocycles. The van der Waals surface area contributed by atoms with E-state index in [1.165, 1.54) is 17.6 Å². The van der Waals surface area contributed by atoms with Crippen LogP contribution in [0.1, 0.15) is 63.7 Å². The zero-order chi connectivity index (χ0) is 21.1. The molecule has 1 N–H and O–H groups in total. The van der Waals surface area contributed by atoms with Crippen molar-refractivity contribution in [3.63, 3.8) is 0 Å². The van der Waals surface area contributed by atoms with Crippen LogP contribution in [0.15, 0.2) is 16.3 Å². The minimum absolute atomic E-state index is 0.152. The highest BCUT2D eigenvalue weighted by Gasteiger charge is 2.65. The number of hydrogen-bond donors (Lipinski definition) is 1. The molecule has 1 aromatic rings. The summed E-state index contributed by atoms with van der Waals surface area (Å²) in [6.07, 6.45) is 17.5. The fourth-order valence-corrected chi connectivity index (χ4v) is 7.69. The maximum absolute atomic E-state index is 12.4. The van der Waals surface area contributed by atoms with Gasteiger partial charge in [-0.05, 0) is 81.2 Å². The van der Waals surface area contributed by atoms with Crippen molar-refractivity contribution in [2.75, 3.05) is 13.6 Å². The highest BCUT2D eigenvalue weighted by Crippen LogP contribution is 2.68. The van der Waals surface area contributed by atoms with Gasteiger partial charge in [0.05, 0.1) is 12.7 Å². The molecule has 5 nitrogen and oxygen atoms in total. The molecule has 5 heteroatoms. The number of carbonyl (C=O) groups is 1. The minimum atomic E-state index is -0.776. The van der Waals surface area contributed by atoms with Crippen molar-refractivity contribution in [2.45, 2.75) is 64.4 Å². The van der Waals surface area contributed by atoms with Gasteiger partial charge in [0.1, 0.15) is 0 Å². The Morgan fingerprint density at radius 1 is 1.33 bits per heavy atom. The topological polar surface area (TPSA) is 64.4 Å². The molecule has 3 saturated carbocycles. The van der Waals surface area contributed by atoms with Crippen LogP contribution in [0.2, 0.25) is 0 Å². The molecule has 1 aromatic heterocycles. The van der Waals surface area contributed by atoms with Crippen molar-refractivity contribution < 1.29 is 14.1 Å². The van der Waals surface area contributed by atoms with Crippen LogP contribution in [0, 0.1) is 40.9 Å². The number of likely N-dealkylation sites (N-methyl/N-ethyl adjacent to an activating group) is 1. The minimum Gasteiger partial charge on any atom is -0.444 e. The molecule has 0 bridgehead atoms. The molecule has 3 fully saturated rings. The quantitative estimate of drug-likeness (QED) is 0.605. The number of nitrogens with one attached hydrogen (secondary N) is 1. The second-order valence-electron chi connectivity index (χ2n) is 10.4. The fourth-order valence-electron chi connectivity index (χ4n) is 7.69. The predicted octanol–water partition coefficient (Wildman–Crippen LogP) is 3.99. The van der Waals surface area contributed by atoms with Crippen LogP contribution < -0.4 is 5.32 Å². The Hall–Kier alpha value is -2.06. The van der Waals surface area contributed by atoms with Crippen molar-refractivity contribution in [1.82, 2.24) is 10.5 Å². The van der Waals surface area contributed by atoms with E-state index in [2.05, 4.69) is 36.3 Å². The summed E-state index contributed by atoms with van der Waals surface area (Å²) >= 11 is 0. The van der Waals surface area contributed by atoms with Gasteiger partial charge in [-0.25, -0.2) is 0 Å². The van der Waals surface area contributed by atoms with Gasteiger partial charge in [0, 0.05) is 11.0 Å². The van der Waals surface area contributed by atoms with Gasteiger partial charge in [-0.1, -0.05) is 30.5 Å². The first kappa shape index (κ1) is 19.9. The van der Waals surface area contributed by atoms with Crippen molar-refractivity contribution in [2.24, 2.45) is 28.6 Å². The van der Waals surface area contributed by atoms with E-state index in [0.29, 0.717) is 17.8 Å². The number of nitrogens with zero attached hydrogens (tertiary/aromatic N) is 1. The number of ether oxygens (including phenoxy) is 1. The van der Waals surface area contributed by atoms with Crippen molar-refractivity contribution in [1.29, 1.82) is 0 Å². The summed E-state index contributed by atoms with van der Waals surface area (Å²) in [6, 6.07) is 0. The van der Waals surface area contributed by atoms with Gasteiger partial charge < -0.3 is 14.6 Å². The SMILES string of the molecule is C#C[C@]1(OC(=O)CNC)CC[C@H]2C3CCC4=Cc5oncc5C[C@]4(C)[C@H]3CC[C@@]21C. The van der Waals surface area contributed by atoms with E-state index in [9.17, 15) is 4.79 Å². The number of esters is 1. The molecule has 0 amide bonds. The fraction of sp³-hybridized carbons (Fsp3) is 0.680. The van der Waals surface area contributed by atoms with E-state index >= 15 is 0 Å². The largest absolute Gasteiger partial charge is 0.444 e. The van der Waals surface area contributed by atoms with E-state index in [1.54, 1.807) is 7.05 Å². The first-order valence-electron chi connectivity index (χ1n) is 11.4. The van der Waals surface area contributed by atoms with E-state index in [-0.39, 0.29) is 23.3 Å². The molecule has 0 radical (unpaired) electrons. The molecule has 0 spiro atoms. The normalized spacial score (nSPS) is 41.5. The predicted molar refractivity (Wildman–Crippen MR) is 114 cm³/mol. The Morgan fingerprint density at radius 3 is 2.90 bits per heavy atom. The van der Waals surface area contributed by atoms with E-state index < -0.39 is 5.60 Å². The molecular formula is C25H32N2O3.